The first kappa shape index (κ1) is 19.0. The lowest BCUT2D eigenvalue weighted by Gasteiger charge is -2.32. The molecule has 8 heteroatoms. The molecule has 0 atom stereocenters. The van der Waals surface area contributed by atoms with E-state index in [1.165, 1.54) is 0 Å². The van der Waals surface area contributed by atoms with Gasteiger partial charge in [0, 0.05) is 32.6 Å². The summed E-state index contributed by atoms with van der Waals surface area (Å²) in [7, 11) is 0. The molecule has 1 amide bonds. The molecule has 0 aromatic carbocycles. The van der Waals surface area contributed by atoms with Gasteiger partial charge in [-0.2, -0.15) is 10.1 Å². The highest BCUT2D eigenvalue weighted by Gasteiger charge is 2.27. The van der Waals surface area contributed by atoms with Gasteiger partial charge in [0.25, 0.3) is 5.56 Å². The van der Waals surface area contributed by atoms with Crippen LogP contribution in [-0.4, -0.2) is 56.7 Å². The molecule has 0 unspecified atom stereocenters. The standard InChI is InChI=1S/C20H30N6O2/c1-20(2,3)26-17-15(13-21-26)18(28)23-19(22-17)25-10-6-14(7-11-25)12-16(27)24-8-4-5-9-24/h13-14H,4-12H2,1-3H3,(H,22,23,28). The lowest BCUT2D eigenvalue weighted by molar-refractivity contribution is -0.131. The van der Waals surface area contributed by atoms with Crippen molar-refractivity contribution in [2.45, 2.75) is 58.4 Å². The summed E-state index contributed by atoms with van der Waals surface area (Å²) in [6.45, 7) is 9.58. The highest BCUT2D eigenvalue weighted by molar-refractivity contribution is 5.77. The Balaban J connectivity index is 1.46. The zero-order chi connectivity index (χ0) is 19.9. The maximum atomic E-state index is 12.5. The van der Waals surface area contributed by atoms with Crippen molar-refractivity contribution in [1.82, 2.24) is 24.6 Å². The smallest absolute Gasteiger partial charge is 0.263 e. The molecule has 0 saturated carbocycles. The molecule has 0 bridgehead atoms. The number of carbonyl (C=O) groups is 1. The summed E-state index contributed by atoms with van der Waals surface area (Å²) >= 11 is 0. The van der Waals surface area contributed by atoms with Gasteiger partial charge in [-0.3, -0.25) is 14.6 Å². The topological polar surface area (TPSA) is 87.1 Å². The molecule has 2 saturated heterocycles. The largest absolute Gasteiger partial charge is 0.343 e. The van der Waals surface area contributed by atoms with Gasteiger partial charge < -0.3 is 9.80 Å². The minimum atomic E-state index is -0.247. The van der Waals surface area contributed by atoms with E-state index in [1.54, 1.807) is 6.20 Å². The van der Waals surface area contributed by atoms with Crippen molar-refractivity contribution in [2.24, 2.45) is 5.92 Å². The molecular weight excluding hydrogens is 356 g/mol. The third-order valence-corrected chi connectivity index (χ3v) is 5.90. The summed E-state index contributed by atoms with van der Waals surface area (Å²) in [5, 5.41) is 4.89. The van der Waals surface area contributed by atoms with Crippen molar-refractivity contribution in [1.29, 1.82) is 0 Å². The average Bonchev–Trinajstić information content (AvgIpc) is 3.32. The normalized spacial score (nSPS) is 19.0. The number of piperidine rings is 1. The summed E-state index contributed by atoms with van der Waals surface area (Å²) in [6.07, 6.45) is 6.40. The average molecular weight is 387 g/mol. The zero-order valence-corrected chi connectivity index (χ0v) is 17.1. The van der Waals surface area contributed by atoms with Crippen molar-refractivity contribution in [3.05, 3.63) is 16.6 Å². The Morgan fingerprint density at radius 1 is 1.18 bits per heavy atom. The van der Waals surface area contributed by atoms with Gasteiger partial charge >= 0.3 is 0 Å². The minimum Gasteiger partial charge on any atom is -0.343 e. The number of fused-ring (bicyclic) bond motifs is 1. The van der Waals surface area contributed by atoms with Gasteiger partial charge in [0.1, 0.15) is 5.39 Å². The molecule has 8 nitrogen and oxygen atoms in total. The van der Waals surface area contributed by atoms with Crippen LogP contribution in [0.3, 0.4) is 0 Å². The molecule has 0 radical (unpaired) electrons. The summed E-state index contributed by atoms with van der Waals surface area (Å²) in [5.74, 6) is 1.32. The Morgan fingerprint density at radius 2 is 1.86 bits per heavy atom. The Kier molecular flexibility index (Phi) is 4.89. The highest BCUT2D eigenvalue weighted by atomic mass is 16.2. The third kappa shape index (κ3) is 3.64. The van der Waals surface area contributed by atoms with E-state index in [-0.39, 0.29) is 11.1 Å². The molecule has 28 heavy (non-hydrogen) atoms. The van der Waals surface area contributed by atoms with E-state index in [2.05, 4.69) is 15.0 Å². The second-order valence-electron chi connectivity index (χ2n) is 9.08. The predicted octanol–water partition coefficient (Wildman–Crippen LogP) is 2.10. The second-order valence-corrected chi connectivity index (χ2v) is 9.08. The quantitative estimate of drug-likeness (QED) is 0.873. The monoisotopic (exact) mass is 386 g/mol. The van der Waals surface area contributed by atoms with Gasteiger partial charge in [-0.1, -0.05) is 0 Å². The number of aromatic nitrogens is 4. The molecule has 2 aliphatic rings. The molecule has 2 aliphatic heterocycles. The fraction of sp³-hybridized carbons (Fsp3) is 0.700. The summed E-state index contributed by atoms with van der Waals surface area (Å²) < 4.78 is 1.81. The number of aromatic amines is 1. The Labute approximate surface area is 164 Å². The number of amides is 1. The number of carbonyl (C=O) groups excluding carboxylic acids is 1. The second kappa shape index (κ2) is 7.22. The molecule has 0 aliphatic carbocycles. The number of likely N-dealkylation sites (tertiary alicyclic amines) is 1. The van der Waals surface area contributed by atoms with E-state index < -0.39 is 0 Å². The van der Waals surface area contributed by atoms with Crippen molar-refractivity contribution in [2.75, 3.05) is 31.1 Å². The Morgan fingerprint density at radius 3 is 2.50 bits per heavy atom. The van der Waals surface area contributed by atoms with Crippen molar-refractivity contribution in [3.8, 4) is 0 Å². The van der Waals surface area contributed by atoms with Crippen LogP contribution in [0.1, 0.15) is 52.9 Å². The maximum absolute atomic E-state index is 12.5. The van der Waals surface area contributed by atoms with Gasteiger partial charge in [-0.25, -0.2) is 4.68 Å². The van der Waals surface area contributed by atoms with Crippen molar-refractivity contribution >= 4 is 22.9 Å². The van der Waals surface area contributed by atoms with Gasteiger partial charge in [0.2, 0.25) is 11.9 Å². The van der Waals surface area contributed by atoms with E-state index in [0.29, 0.717) is 35.2 Å². The van der Waals surface area contributed by atoms with Crippen LogP contribution in [0.2, 0.25) is 0 Å². The molecule has 2 aromatic rings. The number of H-pyrrole nitrogens is 1. The molecule has 2 aromatic heterocycles. The number of hydrogen-bond donors (Lipinski definition) is 1. The van der Waals surface area contributed by atoms with Gasteiger partial charge in [0.15, 0.2) is 5.65 Å². The lowest BCUT2D eigenvalue weighted by Crippen LogP contribution is -2.38. The molecular formula is C20H30N6O2. The fourth-order valence-corrected chi connectivity index (χ4v) is 4.24. The van der Waals surface area contributed by atoms with Crippen LogP contribution in [0.25, 0.3) is 11.0 Å². The van der Waals surface area contributed by atoms with Gasteiger partial charge in [-0.15, -0.1) is 0 Å². The predicted molar refractivity (Wildman–Crippen MR) is 109 cm³/mol. The number of anilines is 1. The van der Waals surface area contributed by atoms with E-state index in [0.717, 1.165) is 51.9 Å². The number of rotatable bonds is 3. The van der Waals surface area contributed by atoms with Gasteiger partial charge in [-0.05, 0) is 52.4 Å². The van der Waals surface area contributed by atoms with Crippen LogP contribution in [0.4, 0.5) is 5.95 Å². The van der Waals surface area contributed by atoms with E-state index in [1.807, 2.05) is 30.4 Å². The first-order chi connectivity index (χ1) is 13.3. The molecule has 2 fully saturated rings. The number of hydrogen-bond acceptors (Lipinski definition) is 5. The maximum Gasteiger partial charge on any atom is 0.263 e. The molecule has 4 rings (SSSR count). The van der Waals surface area contributed by atoms with Crippen LogP contribution in [0.5, 0.6) is 0 Å². The van der Waals surface area contributed by atoms with Crippen molar-refractivity contribution < 1.29 is 4.79 Å². The lowest BCUT2D eigenvalue weighted by atomic mass is 9.93. The molecule has 0 spiro atoms. The summed E-state index contributed by atoms with van der Waals surface area (Å²) in [5.41, 5.74) is 0.224. The van der Waals surface area contributed by atoms with E-state index in [4.69, 9.17) is 4.98 Å². The van der Waals surface area contributed by atoms with Crippen LogP contribution in [0.15, 0.2) is 11.0 Å². The third-order valence-electron chi connectivity index (χ3n) is 5.90. The first-order valence-corrected chi connectivity index (χ1v) is 10.3. The van der Waals surface area contributed by atoms with Crippen molar-refractivity contribution in [3.63, 3.8) is 0 Å². The van der Waals surface area contributed by atoms with Crippen LogP contribution < -0.4 is 10.5 Å². The van der Waals surface area contributed by atoms with E-state index in [9.17, 15) is 9.59 Å². The van der Waals surface area contributed by atoms with Crippen LogP contribution in [-0.2, 0) is 10.3 Å². The van der Waals surface area contributed by atoms with Gasteiger partial charge in [0.05, 0.1) is 11.7 Å². The van der Waals surface area contributed by atoms with Crippen LogP contribution >= 0.6 is 0 Å². The Bertz CT molecular complexity index is 911. The summed E-state index contributed by atoms with van der Waals surface area (Å²) in [4.78, 5) is 36.7. The molecule has 1 N–H and O–H groups in total. The number of nitrogens with zero attached hydrogens (tertiary/aromatic N) is 5. The zero-order valence-electron chi connectivity index (χ0n) is 17.1. The highest BCUT2D eigenvalue weighted by Crippen LogP contribution is 2.26. The number of nitrogens with one attached hydrogen (secondary N) is 1. The molecule has 152 valence electrons. The molecule has 4 heterocycles. The summed E-state index contributed by atoms with van der Waals surface area (Å²) in [6, 6.07) is 0. The van der Waals surface area contributed by atoms with Crippen LogP contribution in [0, 0.1) is 5.92 Å². The SMILES string of the molecule is CC(C)(C)n1ncc2c(=O)[nH]c(N3CCC(CC(=O)N4CCCC4)CC3)nc21. The van der Waals surface area contributed by atoms with E-state index >= 15 is 0 Å². The Hall–Kier alpha value is -2.38. The first-order valence-electron chi connectivity index (χ1n) is 10.3. The fourth-order valence-electron chi connectivity index (χ4n) is 4.24. The minimum absolute atomic E-state index is 0.151.